The van der Waals surface area contributed by atoms with Crippen molar-refractivity contribution in [2.75, 3.05) is 13.2 Å². The molecule has 0 heterocycles. The highest BCUT2D eigenvalue weighted by atomic mass is 19.2. The van der Waals surface area contributed by atoms with Crippen LogP contribution in [0.4, 0.5) is 8.78 Å². The Balaban J connectivity index is 4.52. The zero-order chi connectivity index (χ0) is 12.6. The van der Waals surface area contributed by atoms with E-state index < -0.39 is 23.6 Å². The third-order valence-electron chi connectivity index (χ3n) is 1.32. The van der Waals surface area contributed by atoms with Crippen LogP contribution in [-0.2, 0) is 19.1 Å². The highest BCUT2D eigenvalue weighted by Gasteiger charge is 2.15. The van der Waals surface area contributed by atoms with Crippen molar-refractivity contribution in [2.45, 2.75) is 13.8 Å². The molecule has 0 unspecified atom stereocenters. The molecule has 0 saturated heterocycles. The zero-order valence-electron chi connectivity index (χ0n) is 8.96. The maximum atomic E-state index is 12.9. The van der Waals surface area contributed by atoms with Crippen LogP contribution in [0, 0.1) is 0 Å². The quantitative estimate of drug-likeness (QED) is 0.413. The minimum absolute atomic E-state index is 0.0683. The summed E-state index contributed by atoms with van der Waals surface area (Å²) in [6.45, 7) is 3.07. The van der Waals surface area contributed by atoms with Gasteiger partial charge in [-0.1, -0.05) is 0 Å². The first-order chi connectivity index (χ1) is 7.52. The number of rotatable bonds is 5. The van der Waals surface area contributed by atoms with Crippen molar-refractivity contribution in [3.8, 4) is 0 Å². The Hall–Kier alpha value is -1.72. The Labute approximate surface area is 91.5 Å². The third-order valence-corrected chi connectivity index (χ3v) is 1.32. The highest BCUT2D eigenvalue weighted by Crippen LogP contribution is 2.11. The monoisotopic (exact) mass is 234 g/mol. The van der Waals surface area contributed by atoms with Gasteiger partial charge < -0.3 is 9.47 Å². The summed E-state index contributed by atoms with van der Waals surface area (Å²) in [5.41, 5.74) is 0. The summed E-state index contributed by atoms with van der Waals surface area (Å²) in [6, 6.07) is 0. The molecule has 0 saturated carbocycles. The molecule has 0 N–H and O–H groups in total. The van der Waals surface area contributed by atoms with E-state index in [4.69, 9.17) is 0 Å². The number of ether oxygens (including phenoxy) is 2. The molecule has 0 aromatic rings. The predicted octanol–water partition coefficient (Wildman–Crippen LogP) is 1.82. The van der Waals surface area contributed by atoms with Crippen LogP contribution >= 0.6 is 0 Å². The van der Waals surface area contributed by atoms with Gasteiger partial charge in [-0.2, -0.15) is 4.39 Å². The minimum Gasteiger partial charge on any atom is -0.463 e. The SMILES string of the molecule is CCOC(=O)/C=C\C(F)=C(/F)C(=O)OCC. The highest BCUT2D eigenvalue weighted by molar-refractivity contribution is 5.88. The molecule has 16 heavy (non-hydrogen) atoms. The molecule has 0 radical (unpaired) electrons. The van der Waals surface area contributed by atoms with Gasteiger partial charge in [0.05, 0.1) is 13.2 Å². The molecule has 0 fully saturated rings. The van der Waals surface area contributed by atoms with Crippen LogP contribution in [0.2, 0.25) is 0 Å². The van der Waals surface area contributed by atoms with Crippen molar-refractivity contribution in [3.63, 3.8) is 0 Å². The van der Waals surface area contributed by atoms with Gasteiger partial charge in [0, 0.05) is 6.08 Å². The van der Waals surface area contributed by atoms with Crippen LogP contribution in [0.3, 0.4) is 0 Å². The zero-order valence-corrected chi connectivity index (χ0v) is 8.96. The van der Waals surface area contributed by atoms with Crippen LogP contribution in [0.25, 0.3) is 0 Å². The number of hydrogen-bond acceptors (Lipinski definition) is 4. The fourth-order valence-electron chi connectivity index (χ4n) is 0.697. The van der Waals surface area contributed by atoms with E-state index in [1.807, 2.05) is 0 Å². The molecule has 6 heteroatoms. The van der Waals surface area contributed by atoms with Crippen LogP contribution in [0.15, 0.2) is 23.8 Å². The minimum atomic E-state index is -1.68. The van der Waals surface area contributed by atoms with Crippen LogP contribution < -0.4 is 0 Å². The van der Waals surface area contributed by atoms with Gasteiger partial charge in [0.1, 0.15) is 0 Å². The average Bonchev–Trinajstić information content (AvgIpc) is 2.25. The van der Waals surface area contributed by atoms with Crippen molar-refractivity contribution >= 4 is 11.9 Å². The van der Waals surface area contributed by atoms with Crippen molar-refractivity contribution in [1.82, 2.24) is 0 Å². The van der Waals surface area contributed by atoms with Crippen molar-refractivity contribution < 1.29 is 27.8 Å². The van der Waals surface area contributed by atoms with E-state index in [0.717, 1.165) is 0 Å². The number of carbonyl (C=O) groups excluding carboxylic acids is 2. The summed E-state index contributed by atoms with van der Waals surface area (Å²) in [6.07, 6.45) is 1.18. The van der Waals surface area contributed by atoms with E-state index in [0.29, 0.717) is 12.2 Å². The molecule has 0 amide bonds. The smallest absolute Gasteiger partial charge is 0.370 e. The van der Waals surface area contributed by atoms with Crippen molar-refractivity contribution in [2.24, 2.45) is 0 Å². The first kappa shape index (κ1) is 14.3. The maximum Gasteiger partial charge on any atom is 0.370 e. The van der Waals surface area contributed by atoms with Gasteiger partial charge in [0.25, 0.3) is 0 Å². The van der Waals surface area contributed by atoms with Crippen molar-refractivity contribution in [1.29, 1.82) is 0 Å². The first-order valence-corrected chi connectivity index (χ1v) is 4.60. The molecular formula is C10H12F2O4. The number of carbonyl (C=O) groups is 2. The van der Waals surface area contributed by atoms with Gasteiger partial charge in [-0.25, -0.2) is 14.0 Å². The number of halogens is 2. The van der Waals surface area contributed by atoms with Crippen molar-refractivity contribution in [3.05, 3.63) is 23.8 Å². The van der Waals surface area contributed by atoms with Gasteiger partial charge in [0.2, 0.25) is 5.83 Å². The maximum absolute atomic E-state index is 12.9. The van der Waals surface area contributed by atoms with E-state index in [9.17, 15) is 18.4 Å². The topological polar surface area (TPSA) is 52.6 Å². The summed E-state index contributed by atoms with van der Waals surface area (Å²) in [5.74, 6) is -5.39. The fourth-order valence-corrected chi connectivity index (χ4v) is 0.697. The molecule has 4 nitrogen and oxygen atoms in total. The number of allylic oxidation sites excluding steroid dienone is 2. The van der Waals surface area contributed by atoms with Crippen LogP contribution in [0.5, 0.6) is 0 Å². The van der Waals surface area contributed by atoms with E-state index in [1.165, 1.54) is 6.92 Å². The third kappa shape index (κ3) is 5.23. The normalized spacial score (nSPS) is 12.2. The Morgan fingerprint density at radius 1 is 1.06 bits per heavy atom. The van der Waals surface area contributed by atoms with Gasteiger partial charge >= 0.3 is 11.9 Å². The molecule has 90 valence electrons. The molecule has 0 aliphatic carbocycles. The molecule has 0 spiro atoms. The van der Waals surface area contributed by atoms with Gasteiger partial charge in [-0.05, 0) is 19.9 Å². The van der Waals surface area contributed by atoms with Gasteiger partial charge in [-0.3, -0.25) is 0 Å². The molecule has 0 aliphatic heterocycles. The number of hydrogen-bond donors (Lipinski definition) is 0. The van der Waals surface area contributed by atoms with Crippen LogP contribution in [0.1, 0.15) is 13.8 Å². The molecule has 0 aromatic carbocycles. The van der Waals surface area contributed by atoms with Crippen LogP contribution in [-0.4, -0.2) is 25.2 Å². The standard InChI is InChI=1S/C10H12F2O4/c1-3-15-8(13)6-5-7(11)9(12)10(14)16-4-2/h5-6H,3-4H2,1-2H3/b6-5-,9-7+. The lowest BCUT2D eigenvalue weighted by molar-refractivity contribution is -0.140. The molecule has 0 aromatic heterocycles. The Morgan fingerprint density at radius 3 is 2.12 bits per heavy atom. The summed E-state index contributed by atoms with van der Waals surface area (Å²) in [4.78, 5) is 21.4. The summed E-state index contributed by atoms with van der Waals surface area (Å²) < 4.78 is 34.4. The lowest BCUT2D eigenvalue weighted by atomic mass is 10.4. The second-order valence-corrected chi connectivity index (χ2v) is 2.47. The summed E-state index contributed by atoms with van der Waals surface area (Å²) in [7, 11) is 0. The molecular weight excluding hydrogens is 222 g/mol. The molecule has 0 aliphatic rings. The molecule has 0 atom stereocenters. The number of esters is 2. The Kier molecular flexibility index (Phi) is 6.74. The van der Waals surface area contributed by atoms with E-state index >= 15 is 0 Å². The predicted molar refractivity (Wildman–Crippen MR) is 51.6 cm³/mol. The largest absolute Gasteiger partial charge is 0.463 e. The first-order valence-electron chi connectivity index (χ1n) is 4.60. The summed E-state index contributed by atoms with van der Waals surface area (Å²) >= 11 is 0. The van der Waals surface area contributed by atoms with Gasteiger partial charge in [-0.15, -0.1) is 0 Å². The fraction of sp³-hybridized carbons (Fsp3) is 0.400. The summed E-state index contributed by atoms with van der Waals surface area (Å²) in [5, 5.41) is 0. The average molecular weight is 234 g/mol. The Morgan fingerprint density at radius 2 is 1.62 bits per heavy atom. The lowest BCUT2D eigenvalue weighted by Crippen LogP contribution is -2.05. The van der Waals surface area contributed by atoms with E-state index in [-0.39, 0.29) is 13.2 Å². The Bertz CT molecular complexity index is 321. The molecule has 0 rings (SSSR count). The second-order valence-electron chi connectivity index (χ2n) is 2.47. The van der Waals surface area contributed by atoms with E-state index in [2.05, 4.69) is 9.47 Å². The molecule has 0 bridgehead atoms. The van der Waals surface area contributed by atoms with E-state index in [1.54, 1.807) is 6.92 Å². The lowest BCUT2D eigenvalue weighted by Gasteiger charge is -1.98. The van der Waals surface area contributed by atoms with Gasteiger partial charge in [0.15, 0.2) is 5.83 Å². The second kappa shape index (κ2) is 7.56.